The minimum absolute atomic E-state index is 0.00281. The molecule has 3 heteroatoms. The summed E-state index contributed by atoms with van der Waals surface area (Å²) in [5, 5.41) is 0.00281. The van der Waals surface area contributed by atoms with E-state index >= 15 is 0 Å². The second-order valence-corrected chi connectivity index (χ2v) is 6.14. The number of terminal acetylenes is 1. The van der Waals surface area contributed by atoms with Crippen LogP contribution in [0.5, 0.6) is 0 Å². The summed E-state index contributed by atoms with van der Waals surface area (Å²) in [6, 6.07) is 0. The van der Waals surface area contributed by atoms with Crippen LogP contribution in [0.2, 0.25) is 0 Å². The molecule has 0 aliphatic carbocycles. The number of alkyl halides is 2. The van der Waals surface area contributed by atoms with Crippen LogP contribution >= 0.6 is 27.5 Å². The van der Waals surface area contributed by atoms with Crippen molar-refractivity contribution in [1.82, 2.24) is 0 Å². The molecule has 0 unspecified atom stereocenters. The predicted molar refractivity (Wildman–Crippen MR) is 82.3 cm³/mol. The van der Waals surface area contributed by atoms with Gasteiger partial charge in [-0.25, -0.2) is 0 Å². The first kappa shape index (κ1) is 15.8. The minimum atomic E-state index is 0.00281. The van der Waals surface area contributed by atoms with Gasteiger partial charge >= 0.3 is 0 Å². The van der Waals surface area contributed by atoms with Crippen molar-refractivity contribution in [1.29, 1.82) is 0 Å². The Labute approximate surface area is 124 Å². The number of hydrogen-bond acceptors (Lipinski definition) is 1. The maximum Gasteiger partial charge on any atom is 0.0780 e. The molecule has 0 aromatic heterocycles. The lowest BCUT2D eigenvalue weighted by Gasteiger charge is -2.30. The molecule has 1 heterocycles. The van der Waals surface area contributed by atoms with E-state index in [9.17, 15) is 0 Å². The highest BCUT2D eigenvalue weighted by molar-refractivity contribution is 9.09. The second kappa shape index (κ2) is 8.80. The van der Waals surface area contributed by atoms with Gasteiger partial charge in [0.05, 0.1) is 17.6 Å². The van der Waals surface area contributed by atoms with Gasteiger partial charge in [-0.15, -0.1) is 18.0 Å². The van der Waals surface area contributed by atoms with E-state index in [-0.39, 0.29) is 17.6 Å². The maximum absolute atomic E-state index is 6.37. The Morgan fingerprint density at radius 3 is 2.94 bits per heavy atom. The number of ether oxygens (including phenoxy) is 1. The third kappa shape index (κ3) is 5.18. The normalized spacial score (nSPS) is 32.4. The Balaban J connectivity index is 2.69. The molecule has 0 fully saturated rings. The minimum Gasteiger partial charge on any atom is -0.372 e. The summed E-state index contributed by atoms with van der Waals surface area (Å²) in [6.07, 6.45) is 17.0. The first-order valence-electron chi connectivity index (χ1n) is 6.38. The topological polar surface area (TPSA) is 9.23 Å². The summed E-state index contributed by atoms with van der Waals surface area (Å²) in [6.45, 7) is 2.15. The van der Waals surface area contributed by atoms with E-state index in [4.69, 9.17) is 22.8 Å². The average Bonchev–Trinajstić information content (AvgIpc) is 2.37. The van der Waals surface area contributed by atoms with E-state index in [2.05, 4.69) is 40.9 Å². The molecule has 0 N–H and O–H groups in total. The molecule has 1 rings (SSSR count). The molecule has 0 bridgehead atoms. The summed E-state index contributed by atoms with van der Waals surface area (Å²) in [4.78, 5) is 0.364. The Morgan fingerprint density at radius 1 is 1.56 bits per heavy atom. The molecule has 0 aromatic carbocycles. The Hall–Kier alpha value is -0.230. The lowest BCUT2D eigenvalue weighted by Crippen LogP contribution is -2.34. The highest BCUT2D eigenvalue weighted by atomic mass is 79.9. The quantitative estimate of drug-likeness (QED) is 0.420. The number of rotatable bonds is 4. The zero-order valence-electron chi connectivity index (χ0n) is 10.7. The Kier molecular flexibility index (Phi) is 7.74. The van der Waals surface area contributed by atoms with Crippen molar-refractivity contribution in [2.24, 2.45) is 0 Å². The third-order valence-corrected chi connectivity index (χ3v) is 4.72. The summed E-state index contributed by atoms with van der Waals surface area (Å²) >= 11 is 10.1. The molecule has 1 aliphatic rings. The fraction of sp³-hybridized carbons (Fsp3) is 0.600. The van der Waals surface area contributed by atoms with Crippen LogP contribution < -0.4 is 0 Å². The molecule has 1 nitrogen and oxygen atoms in total. The van der Waals surface area contributed by atoms with Crippen molar-refractivity contribution in [3.63, 3.8) is 0 Å². The van der Waals surface area contributed by atoms with Gasteiger partial charge in [-0.1, -0.05) is 47.0 Å². The van der Waals surface area contributed by atoms with Gasteiger partial charge in [-0.3, -0.25) is 0 Å². The molecule has 0 spiro atoms. The summed E-state index contributed by atoms with van der Waals surface area (Å²) < 4.78 is 6.15. The van der Waals surface area contributed by atoms with E-state index in [0.717, 1.165) is 25.7 Å². The smallest absolute Gasteiger partial charge is 0.0780 e. The molecule has 0 radical (unpaired) electrons. The maximum atomic E-state index is 6.37. The fourth-order valence-corrected chi connectivity index (χ4v) is 2.55. The molecule has 0 saturated carbocycles. The highest BCUT2D eigenvalue weighted by Gasteiger charge is 2.26. The van der Waals surface area contributed by atoms with Gasteiger partial charge in [-0.2, -0.15) is 0 Å². The fourth-order valence-electron chi connectivity index (χ4n) is 1.94. The summed E-state index contributed by atoms with van der Waals surface area (Å²) in [5.41, 5.74) is 0. The molecule has 0 amide bonds. The second-order valence-electron chi connectivity index (χ2n) is 4.40. The monoisotopic (exact) mass is 330 g/mol. The van der Waals surface area contributed by atoms with Crippen LogP contribution in [0.1, 0.15) is 32.6 Å². The third-order valence-electron chi connectivity index (χ3n) is 3.03. The van der Waals surface area contributed by atoms with Gasteiger partial charge < -0.3 is 4.74 Å². The molecule has 18 heavy (non-hydrogen) atoms. The standard InChI is InChI=1S/C15H20BrClO/c1-3-5-6-11-15-13(17)9-7-8-10-14(18-15)12(16)4-2/h1,5-8,12-15H,4,9-11H2,2H3/b6-5?,8-7-/t12-,13-,14-,15-/m0/s1. The van der Waals surface area contributed by atoms with Crippen molar-refractivity contribution in [3.05, 3.63) is 24.3 Å². The van der Waals surface area contributed by atoms with Gasteiger partial charge in [0.2, 0.25) is 0 Å². The van der Waals surface area contributed by atoms with Crippen molar-refractivity contribution >= 4 is 27.5 Å². The largest absolute Gasteiger partial charge is 0.372 e. The lowest BCUT2D eigenvalue weighted by atomic mass is 10.0. The Bertz CT molecular complexity index is 332. The van der Waals surface area contributed by atoms with E-state index in [0.29, 0.717) is 4.83 Å². The van der Waals surface area contributed by atoms with E-state index in [1.807, 2.05) is 6.08 Å². The lowest BCUT2D eigenvalue weighted by molar-refractivity contribution is -0.0122. The number of halogens is 2. The van der Waals surface area contributed by atoms with Gasteiger partial charge in [0.1, 0.15) is 0 Å². The van der Waals surface area contributed by atoms with E-state index in [1.165, 1.54) is 0 Å². The Morgan fingerprint density at radius 2 is 2.28 bits per heavy atom. The summed E-state index contributed by atoms with van der Waals surface area (Å²) in [7, 11) is 0. The van der Waals surface area contributed by atoms with Crippen molar-refractivity contribution < 1.29 is 4.74 Å². The average molecular weight is 332 g/mol. The summed E-state index contributed by atoms with van der Waals surface area (Å²) in [5.74, 6) is 2.49. The molecule has 0 saturated heterocycles. The van der Waals surface area contributed by atoms with Crippen LogP contribution in [0.25, 0.3) is 0 Å². The van der Waals surface area contributed by atoms with Crippen LogP contribution in [0, 0.1) is 12.3 Å². The van der Waals surface area contributed by atoms with Crippen molar-refractivity contribution in [3.8, 4) is 12.3 Å². The molecule has 4 atom stereocenters. The zero-order valence-corrected chi connectivity index (χ0v) is 13.0. The SMILES string of the molecule is C#CC=CC[C@@H]1O[C@H]([C@@H](Br)CC)C/C=C\C[C@@H]1Cl. The van der Waals surface area contributed by atoms with Crippen molar-refractivity contribution in [2.45, 2.75) is 55.0 Å². The van der Waals surface area contributed by atoms with Crippen LogP contribution in [0.15, 0.2) is 24.3 Å². The number of hydrogen-bond donors (Lipinski definition) is 0. The van der Waals surface area contributed by atoms with Crippen molar-refractivity contribution in [2.75, 3.05) is 0 Å². The molecule has 1 aliphatic heterocycles. The highest BCUT2D eigenvalue weighted by Crippen LogP contribution is 2.26. The van der Waals surface area contributed by atoms with Gasteiger partial charge in [0, 0.05) is 4.83 Å². The zero-order chi connectivity index (χ0) is 13.4. The molecular formula is C15H20BrClO. The van der Waals surface area contributed by atoms with Gasteiger partial charge in [0.15, 0.2) is 0 Å². The molecule has 0 aromatic rings. The number of allylic oxidation sites excluding steroid dienone is 2. The molecule has 100 valence electrons. The van der Waals surface area contributed by atoms with Crippen LogP contribution in [-0.4, -0.2) is 22.4 Å². The van der Waals surface area contributed by atoms with E-state index in [1.54, 1.807) is 6.08 Å². The predicted octanol–water partition coefficient (Wildman–Crippen LogP) is 4.45. The van der Waals surface area contributed by atoms with Crippen LogP contribution in [0.3, 0.4) is 0 Å². The van der Waals surface area contributed by atoms with E-state index < -0.39 is 0 Å². The van der Waals surface area contributed by atoms with Gasteiger partial charge in [-0.05, 0) is 31.8 Å². The molecular weight excluding hydrogens is 312 g/mol. The van der Waals surface area contributed by atoms with Crippen LogP contribution in [0.4, 0.5) is 0 Å². The first-order chi connectivity index (χ1) is 8.69. The van der Waals surface area contributed by atoms with Gasteiger partial charge in [0.25, 0.3) is 0 Å². The van der Waals surface area contributed by atoms with Crippen LogP contribution in [-0.2, 0) is 4.74 Å². The first-order valence-corrected chi connectivity index (χ1v) is 7.74.